The Morgan fingerprint density at radius 3 is 2.14 bits per heavy atom. The van der Waals surface area contributed by atoms with Crippen molar-refractivity contribution in [2.75, 3.05) is 0 Å². The Morgan fingerprint density at radius 1 is 1.21 bits per heavy atom. The molecule has 1 atom stereocenters. The fraction of sp³-hybridized carbons (Fsp3) is 0.636. The van der Waals surface area contributed by atoms with Crippen molar-refractivity contribution in [3.05, 3.63) is 23.8 Å². The number of nitrogens with zero attached hydrogens (tertiary/aromatic N) is 2. The second-order valence-corrected chi connectivity index (χ2v) is 3.64. The lowest BCUT2D eigenvalue weighted by molar-refractivity contribution is 0.0946. The Balaban J connectivity index is 2.77. The van der Waals surface area contributed by atoms with Crippen LogP contribution in [-0.4, -0.2) is 15.1 Å². The molecule has 0 spiro atoms. The van der Waals surface area contributed by atoms with Crippen molar-refractivity contribution >= 4 is 0 Å². The van der Waals surface area contributed by atoms with Crippen molar-refractivity contribution in [3.63, 3.8) is 0 Å². The van der Waals surface area contributed by atoms with Gasteiger partial charge in [0.15, 0.2) is 5.82 Å². The quantitative estimate of drug-likeness (QED) is 0.799. The van der Waals surface area contributed by atoms with Crippen molar-refractivity contribution in [2.45, 2.75) is 39.7 Å². The molecule has 3 nitrogen and oxygen atoms in total. The topological polar surface area (TPSA) is 46.0 Å². The van der Waals surface area contributed by atoms with Gasteiger partial charge in [-0.05, 0) is 18.4 Å². The molecule has 1 aromatic rings. The number of hydrogen-bond donors (Lipinski definition) is 1. The van der Waals surface area contributed by atoms with Crippen LogP contribution in [0.1, 0.15) is 44.2 Å². The minimum Gasteiger partial charge on any atom is -0.385 e. The van der Waals surface area contributed by atoms with E-state index in [2.05, 4.69) is 23.8 Å². The number of aliphatic hydroxyl groups excluding tert-OH is 1. The molecule has 0 aromatic carbocycles. The van der Waals surface area contributed by atoms with Gasteiger partial charge in [0.25, 0.3) is 0 Å². The third-order valence-corrected chi connectivity index (χ3v) is 2.56. The first-order valence-corrected chi connectivity index (χ1v) is 5.15. The number of aryl methyl sites for hydroxylation is 1. The van der Waals surface area contributed by atoms with E-state index < -0.39 is 6.10 Å². The van der Waals surface area contributed by atoms with Crippen molar-refractivity contribution in [3.8, 4) is 0 Å². The highest BCUT2D eigenvalue weighted by Gasteiger charge is 2.19. The van der Waals surface area contributed by atoms with Crippen LogP contribution in [0.25, 0.3) is 0 Å². The fourth-order valence-electron chi connectivity index (χ4n) is 1.50. The molecule has 1 aromatic heterocycles. The zero-order chi connectivity index (χ0) is 10.6. The van der Waals surface area contributed by atoms with Gasteiger partial charge in [-0.25, -0.2) is 9.97 Å². The van der Waals surface area contributed by atoms with Gasteiger partial charge in [0.1, 0.15) is 6.10 Å². The normalized spacial score (nSPS) is 13.2. The summed E-state index contributed by atoms with van der Waals surface area (Å²) in [4.78, 5) is 8.27. The van der Waals surface area contributed by atoms with Crippen molar-refractivity contribution in [1.82, 2.24) is 9.97 Å². The Kier molecular flexibility index (Phi) is 4.01. The van der Waals surface area contributed by atoms with E-state index in [1.807, 2.05) is 6.92 Å². The van der Waals surface area contributed by atoms with Crippen LogP contribution in [0.15, 0.2) is 12.4 Å². The molecule has 14 heavy (non-hydrogen) atoms. The van der Waals surface area contributed by atoms with Gasteiger partial charge < -0.3 is 5.11 Å². The van der Waals surface area contributed by atoms with E-state index in [0.717, 1.165) is 18.4 Å². The van der Waals surface area contributed by atoms with E-state index in [1.165, 1.54) is 0 Å². The van der Waals surface area contributed by atoms with Gasteiger partial charge in [-0.3, -0.25) is 0 Å². The van der Waals surface area contributed by atoms with Gasteiger partial charge in [0, 0.05) is 12.4 Å². The molecular weight excluding hydrogens is 176 g/mol. The second-order valence-electron chi connectivity index (χ2n) is 3.64. The molecule has 0 saturated carbocycles. The lowest BCUT2D eigenvalue weighted by Crippen LogP contribution is -2.14. The summed E-state index contributed by atoms with van der Waals surface area (Å²) in [6, 6.07) is 0. The number of aliphatic hydroxyl groups is 1. The lowest BCUT2D eigenvalue weighted by atomic mass is 9.96. The third kappa shape index (κ3) is 2.51. The summed E-state index contributed by atoms with van der Waals surface area (Å²) in [6.45, 7) is 6.09. The smallest absolute Gasteiger partial charge is 0.157 e. The van der Waals surface area contributed by atoms with Crippen LogP contribution >= 0.6 is 0 Å². The first kappa shape index (κ1) is 11.1. The largest absolute Gasteiger partial charge is 0.385 e. The molecule has 0 radical (unpaired) electrons. The predicted octanol–water partition coefficient (Wildman–Crippen LogP) is 2.25. The molecule has 1 heterocycles. The monoisotopic (exact) mass is 194 g/mol. The summed E-state index contributed by atoms with van der Waals surface area (Å²) in [6.07, 6.45) is 4.87. The van der Waals surface area contributed by atoms with Gasteiger partial charge in [-0.1, -0.05) is 26.7 Å². The Hall–Kier alpha value is -0.960. The lowest BCUT2D eigenvalue weighted by Gasteiger charge is -2.18. The minimum atomic E-state index is -0.523. The van der Waals surface area contributed by atoms with Crippen LogP contribution < -0.4 is 0 Å². The van der Waals surface area contributed by atoms with E-state index in [-0.39, 0.29) is 5.92 Å². The van der Waals surface area contributed by atoms with Crippen LogP contribution in [0.3, 0.4) is 0 Å². The van der Waals surface area contributed by atoms with E-state index in [1.54, 1.807) is 12.4 Å². The fourth-order valence-corrected chi connectivity index (χ4v) is 1.50. The Morgan fingerprint density at radius 2 is 1.71 bits per heavy atom. The molecular formula is C11H18N2O. The van der Waals surface area contributed by atoms with E-state index in [9.17, 15) is 5.11 Å². The first-order chi connectivity index (χ1) is 6.69. The van der Waals surface area contributed by atoms with Crippen LogP contribution in [-0.2, 0) is 0 Å². The van der Waals surface area contributed by atoms with Crippen LogP contribution in [0.5, 0.6) is 0 Å². The Bertz CT molecular complexity index is 267. The third-order valence-electron chi connectivity index (χ3n) is 2.56. The molecule has 1 unspecified atom stereocenters. The van der Waals surface area contributed by atoms with E-state index in [0.29, 0.717) is 5.82 Å². The molecule has 0 aliphatic carbocycles. The highest BCUT2D eigenvalue weighted by Crippen LogP contribution is 2.24. The zero-order valence-electron chi connectivity index (χ0n) is 9.07. The molecule has 0 saturated heterocycles. The van der Waals surface area contributed by atoms with Gasteiger partial charge in [-0.2, -0.15) is 0 Å². The summed E-state index contributed by atoms with van der Waals surface area (Å²) in [5.74, 6) is 0.807. The molecule has 78 valence electrons. The summed E-state index contributed by atoms with van der Waals surface area (Å²) in [7, 11) is 0. The van der Waals surface area contributed by atoms with Gasteiger partial charge in [0.2, 0.25) is 0 Å². The molecule has 0 bridgehead atoms. The van der Waals surface area contributed by atoms with Gasteiger partial charge in [0.05, 0.1) is 0 Å². The molecule has 1 N–H and O–H groups in total. The van der Waals surface area contributed by atoms with E-state index in [4.69, 9.17) is 0 Å². The van der Waals surface area contributed by atoms with Gasteiger partial charge in [-0.15, -0.1) is 0 Å². The number of aromatic nitrogens is 2. The molecule has 0 fully saturated rings. The SMILES string of the molecule is CCC(CC)C(O)c1ncc(C)cn1. The number of hydrogen-bond acceptors (Lipinski definition) is 3. The molecule has 1 rings (SSSR count). The minimum absolute atomic E-state index is 0.262. The molecule has 0 aliphatic rings. The number of rotatable bonds is 4. The van der Waals surface area contributed by atoms with Crippen molar-refractivity contribution in [2.24, 2.45) is 5.92 Å². The van der Waals surface area contributed by atoms with Crippen LogP contribution in [0.2, 0.25) is 0 Å². The van der Waals surface area contributed by atoms with Gasteiger partial charge >= 0.3 is 0 Å². The summed E-state index contributed by atoms with van der Waals surface area (Å²) < 4.78 is 0. The highest BCUT2D eigenvalue weighted by atomic mass is 16.3. The maximum Gasteiger partial charge on any atom is 0.157 e. The van der Waals surface area contributed by atoms with Crippen molar-refractivity contribution < 1.29 is 5.11 Å². The zero-order valence-corrected chi connectivity index (χ0v) is 9.07. The standard InChI is InChI=1S/C11H18N2O/c1-4-9(5-2)10(14)11-12-6-8(3)7-13-11/h6-7,9-10,14H,4-5H2,1-3H3. The van der Waals surface area contributed by atoms with Crippen LogP contribution in [0, 0.1) is 12.8 Å². The van der Waals surface area contributed by atoms with E-state index >= 15 is 0 Å². The summed E-state index contributed by atoms with van der Waals surface area (Å²) in [5, 5.41) is 9.95. The van der Waals surface area contributed by atoms with Crippen LogP contribution in [0.4, 0.5) is 0 Å². The second kappa shape index (κ2) is 5.05. The Labute approximate surface area is 85.2 Å². The molecule has 3 heteroatoms. The maximum atomic E-state index is 9.95. The first-order valence-electron chi connectivity index (χ1n) is 5.15. The molecule has 0 amide bonds. The highest BCUT2D eigenvalue weighted by molar-refractivity contribution is 5.03. The summed E-state index contributed by atoms with van der Waals surface area (Å²) in [5.41, 5.74) is 1.02. The van der Waals surface area contributed by atoms with Crippen molar-refractivity contribution in [1.29, 1.82) is 0 Å². The summed E-state index contributed by atoms with van der Waals surface area (Å²) >= 11 is 0. The molecule has 0 aliphatic heterocycles. The predicted molar refractivity (Wildman–Crippen MR) is 55.8 cm³/mol. The average Bonchev–Trinajstić information content (AvgIpc) is 2.20. The maximum absolute atomic E-state index is 9.95. The average molecular weight is 194 g/mol.